The number of aliphatic hydroxyl groups excluding tert-OH is 1. The van der Waals surface area contributed by atoms with Crippen LogP contribution in [0.3, 0.4) is 0 Å². The quantitative estimate of drug-likeness (QED) is 0.480. The first kappa shape index (κ1) is 26.9. The van der Waals surface area contributed by atoms with Gasteiger partial charge in [0.05, 0.1) is 22.8 Å². The number of carbonyl (C=O) groups is 1. The van der Waals surface area contributed by atoms with Crippen molar-refractivity contribution in [1.82, 2.24) is 5.32 Å². The molecule has 172 valence electrons. The number of aromatic carboxylic acids is 1. The second kappa shape index (κ2) is 11.4. The van der Waals surface area contributed by atoms with Gasteiger partial charge in [-0.15, -0.1) is 0 Å². The summed E-state index contributed by atoms with van der Waals surface area (Å²) in [6.07, 6.45) is -3.79. The van der Waals surface area contributed by atoms with Crippen molar-refractivity contribution < 1.29 is 36.6 Å². The van der Waals surface area contributed by atoms with Crippen LogP contribution < -0.4 is 10.5 Å². The highest BCUT2D eigenvalue weighted by Gasteiger charge is 2.30. The van der Waals surface area contributed by atoms with E-state index in [0.717, 1.165) is 18.2 Å². The summed E-state index contributed by atoms with van der Waals surface area (Å²) >= 11 is 5.53. The molecule has 0 saturated heterocycles. The third-order valence-electron chi connectivity index (χ3n) is 3.89. The summed E-state index contributed by atoms with van der Waals surface area (Å²) < 4.78 is 59.2. The lowest BCUT2D eigenvalue weighted by Gasteiger charge is -2.14. The minimum absolute atomic E-state index is 0.0208. The minimum atomic E-state index is -4.29. The van der Waals surface area contributed by atoms with Gasteiger partial charge in [-0.2, -0.15) is 13.2 Å². The van der Waals surface area contributed by atoms with Crippen molar-refractivity contribution in [3.8, 4) is 0 Å². The van der Waals surface area contributed by atoms with Crippen LogP contribution in [0.4, 0.5) is 13.2 Å². The lowest BCUT2D eigenvalue weighted by Crippen LogP contribution is -2.30. The van der Waals surface area contributed by atoms with Crippen LogP contribution in [0, 0.1) is 0 Å². The molecule has 7 nitrogen and oxygen atoms in total. The van der Waals surface area contributed by atoms with Gasteiger partial charge in [0.15, 0.2) is 0 Å². The number of alkyl halides is 3. The fraction of sp³-hybridized carbons (Fsp3) is 0.316. The average molecular weight is 483 g/mol. The van der Waals surface area contributed by atoms with Crippen molar-refractivity contribution in [3.63, 3.8) is 0 Å². The van der Waals surface area contributed by atoms with E-state index in [1.165, 1.54) is 18.2 Å². The van der Waals surface area contributed by atoms with Crippen molar-refractivity contribution in [1.29, 1.82) is 0 Å². The first-order chi connectivity index (χ1) is 14.3. The maximum Gasteiger partial charge on any atom is 0.416 e. The van der Waals surface area contributed by atoms with Gasteiger partial charge < -0.3 is 15.5 Å². The molecule has 0 spiro atoms. The van der Waals surface area contributed by atoms with Crippen molar-refractivity contribution in [2.45, 2.75) is 30.5 Å². The zero-order chi connectivity index (χ0) is 23.8. The number of nitrogens with one attached hydrogen (secondary N) is 1. The first-order valence-corrected chi connectivity index (χ1v) is 10.7. The van der Waals surface area contributed by atoms with Crippen LogP contribution in [-0.2, 0) is 22.6 Å². The Hall–Kier alpha value is -2.18. The number of nitrogens with two attached hydrogens (primary N) is 1. The second-order valence-electron chi connectivity index (χ2n) is 6.48. The maximum absolute atomic E-state index is 12.5. The highest BCUT2D eigenvalue weighted by molar-refractivity contribution is 7.89. The van der Waals surface area contributed by atoms with Crippen molar-refractivity contribution in [2.75, 3.05) is 13.2 Å². The number of benzene rings is 2. The van der Waals surface area contributed by atoms with E-state index in [4.69, 9.17) is 27.0 Å². The molecule has 1 atom stereocenters. The normalized spacial score (nSPS) is 12.6. The number of hydrogen-bond donors (Lipinski definition) is 4. The van der Waals surface area contributed by atoms with Crippen LogP contribution in [0.25, 0.3) is 0 Å². The number of aliphatic hydroxyl groups is 1. The summed E-state index contributed by atoms with van der Waals surface area (Å²) in [5.41, 5.74) is -0.166. The Morgan fingerprint density at radius 2 is 1.87 bits per heavy atom. The van der Waals surface area contributed by atoms with Crippen LogP contribution in [0.15, 0.2) is 47.4 Å². The Bertz CT molecular complexity index is 1000. The molecule has 2 rings (SSSR count). The van der Waals surface area contributed by atoms with Gasteiger partial charge in [0.1, 0.15) is 4.90 Å². The largest absolute Gasteiger partial charge is 0.478 e. The standard InChI is InChI=1S/C12H16F3NO.C7H6ClNO4S/c1-9(16-5-6-17)7-10-3-2-4-11(8-10)12(13,14)15;8-5-2-1-4(7(10)11)3-6(5)14(9,12)13/h2-4,8-9,16-17H,5-7H2,1H3;1-3H,(H,10,11)(H2,9,12,13). The Labute approximate surface area is 182 Å². The van der Waals surface area contributed by atoms with Crippen LogP contribution in [0.5, 0.6) is 0 Å². The number of halogens is 4. The zero-order valence-electron chi connectivity index (χ0n) is 16.4. The molecule has 0 aromatic heterocycles. The first-order valence-electron chi connectivity index (χ1n) is 8.81. The SMILES string of the molecule is CC(Cc1cccc(C(F)(F)F)c1)NCCO.NS(=O)(=O)c1cc(C(=O)O)ccc1Cl. The highest BCUT2D eigenvalue weighted by atomic mass is 35.5. The van der Waals surface area contributed by atoms with E-state index in [1.54, 1.807) is 6.07 Å². The topological polar surface area (TPSA) is 130 Å². The predicted octanol–water partition coefficient (Wildman–Crippen LogP) is 2.90. The van der Waals surface area contributed by atoms with Crippen LogP contribution in [-0.4, -0.2) is 43.8 Å². The molecule has 31 heavy (non-hydrogen) atoms. The van der Waals surface area contributed by atoms with E-state index >= 15 is 0 Å². The van der Waals surface area contributed by atoms with E-state index in [2.05, 4.69) is 5.32 Å². The Balaban J connectivity index is 0.000000316. The van der Waals surface area contributed by atoms with Gasteiger partial charge in [0, 0.05) is 12.6 Å². The summed E-state index contributed by atoms with van der Waals surface area (Å²) in [4.78, 5) is 10.1. The third-order valence-corrected chi connectivity index (χ3v) is 5.28. The molecule has 0 aliphatic carbocycles. The summed E-state index contributed by atoms with van der Waals surface area (Å²) in [5.74, 6) is -1.24. The molecule has 0 saturated carbocycles. The van der Waals surface area contributed by atoms with E-state index in [0.29, 0.717) is 18.5 Å². The number of carboxylic acid groups (broad SMARTS) is 1. The van der Waals surface area contributed by atoms with E-state index in [9.17, 15) is 26.4 Å². The molecular formula is C19H22ClF3N2O5S. The lowest BCUT2D eigenvalue weighted by atomic mass is 10.0. The van der Waals surface area contributed by atoms with Crippen molar-refractivity contribution >= 4 is 27.6 Å². The zero-order valence-corrected chi connectivity index (χ0v) is 17.9. The summed E-state index contributed by atoms with van der Waals surface area (Å²) in [7, 11) is -3.98. The Morgan fingerprint density at radius 3 is 2.39 bits per heavy atom. The Morgan fingerprint density at radius 1 is 1.23 bits per heavy atom. The molecule has 0 aliphatic heterocycles. The molecule has 0 aliphatic rings. The predicted molar refractivity (Wildman–Crippen MR) is 109 cm³/mol. The number of rotatable bonds is 7. The Kier molecular flexibility index (Phi) is 9.91. The molecule has 1 unspecified atom stereocenters. The summed E-state index contributed by atoms with van der Waals surface area (Å²) in [6.45, 7) is 2.34. The number of sulfonamides is 1. The molecule has 0 heterocycles. The van der Waals surface area contributed by atoms with Gasteiger partial charge >= 0.3 is 12.1 Å². The molecule has 0 bridgehead atoms. The number of primary sulfonamides is 1. The fourth-order valence-corrected chi connectivity index (χ4v) is 3.54. The van der Waals surface area contributed by atoms with Gasteiger partial charge in [-0.3, -0.25) is 0 Å². The molecular weight excluding hydrogens is 461 g/mol. The van der Waals surface area contributed by atoms with E-state index in [1.807, 2.05) is 6.92 Å². The van der Waals surface area contributed by atoms with Gasteiger partial charge in [0.25, 0.3) is 0 Å². The molecule has 5 N–H and O–H groups in total. The minimum Gasteiger partial charge on any atom is -0.478 e. The lowest BCUT2D eigenvalue weighted by molar-refractivity contribution is -0.137. The van der Waals surface area contributed by atoms with Crippen molar-refractivity contribution in [3.05, 3.63) is 64.2 Å². The molecule has 0 amide bonds. The van der Waals surface area contributed by atoms with E-state index in [-0.39, 0.29) is 28.1 Å². The van der Waals surface area contributed by atoms with Crippen LogP contribution >= 0.6 is 11.6 Å². The van der Waals surface area contributed by atoms with Crippen LogP contribution in [0.2, 0.25) is 5.02 Å². The summed E-state index contributed by atoms with van der Waals surface area (Å²) in [6, 6.07) is 8.63. The number of hydrogen-bond acceptors (Lipinski definition) is 5. The number of carboxylic acids is 1. The average Bonchev–Trinajstić information content (AvgIpc) is 2.65. The van der Waals surface area contributed by atoms with Crippen molar-refractivity contribution in [2.24, 2.45) is 5.14 Å². The third kappa shape index (κ3) is 9.23. The molecule has 2 aromatic carbocycles. The molecule has 12 heteroatoms. The van der Waals surface area contributed by atoms with Gasteiger partial charge in [-0.25, -0.2) is 18.4 Å². The molecule has 0 fully saturated rings. The highest BCUT2D eigenvalue weighted by Crippen LogP contribution is 2.29. The smallest absolute Gasteiger partial charge is 0.416 e. The van der Waals surface area contributed by atoms with E-state index < -0.39 is 27.7 Å². The van der Waals surface area contributed by atoms with Gasteiger partial charge in [-0.1, -0.05) is 29.8 Å². The van der Waals surface area contributed by atoms with Gasteiger partial charge in [0.2, 0.25) is 10.0 Å². The van der Waals surface area contributed by atoms with Crippen LogP contribution in [0.1, 0.15) is 28.4 Å². The fourth-order valence-electron chi connectivity index (χ4n) is 2.47. The summed E-state index contributed by atoms with van der Waals surface area (Å²) in [5, 5.41) is 24.9. The second-order valence-corrected chi connectivity index (χ2v) is 8.41. The van der Waals surface area contributed by atoms with Gasteiger partial charge in [-0.05, 0) is 43.2 Å². The molecule has 0 radical (unpaired) electrons. The monoisotopic (exact) mass is 482 g/mol. The maximum atomic E-state index is 12.5. The molecule has 2 aromatic rings.